The number of hydrogen-bond donors (Lipinski definition) is 2. The van der Waals surface area contributed by atoms with Crippen molar-refractivity contribution in [3.8, 4) is 11.5 Å². The number of benzene rings is 2. The van der Waals surface area contributed by atoms with Crippen molar-refractivity contribution in [3.63, 3.8) is 0 Å². The first-order valence-electron chi connectivity index (χ1n) is 9.38. The highest BCUT2D eigenvalue weighted by atomic mass is 16.5. The molecule has 1 aliphatic carbocycles. The molecular formula is C22H27NO4. The van der Waals surface area contributed by atoms with Crippen molar-refractivity contribution in [2.45, 2.75) is 44.6 Å². The Kier molecular flexibility index (Phi) is 6.01. The Balaban J connectivity index is 0.000000168. The van der Waals surface area contributed by atoms with E-state index in [1.165, 1.54) is 16.7 Å². The zero-order valence-corrected chi connectivity index (χ0v) is 15.9. The van der Waals surface area contributed by atoms with Gasteiger partial charge >= 0.3 is 5.97 Å². The first-order valence-corrected chi connectivity index (χ1v) is 9.38. The van der Waals surface area contributed by atoms with E-state index in [0.717, 1.165) is 42.9 Å². The van der Waals surface area contributed by atoms with E-state index in [4.69, 9.17) is 20.3 Å². The van der Waals surface area contributed by atoms with Gasteiger partial charge < -0.3 is 20.3 Å². The summed E-state index contributed by atoms with van der Waals surface area (Å²) in [4.78, 5) is 10.8. The average molecular weight is 369 g/mol. The number of carboxylic acids is 1. The van der Waals surface area contributed by atoms with Crippen LogP contribution >= 0.6 is 0 Å². The van der Waals surface area contributed by atoms with Crippen LogP contribution in [0, 0.1) is 0 Å². The van der Waals surface area contributed by atoms with Crippen LogP contribution in [0.1, 0.15) is 54.0 Å². The number of rotatable bonds is 4. The lowest BCUT2D eigenvalue weighted by molar-refractivity contribution is -0.137. The van der Waals surface area contributed by atoms with Crippen LogP contribution in [0.15, 0.2) is 36.4 Å². The Labute approximate surface area is 160 Å². The van der Waals surface area contributed by atoms with Crippen LogP contribution in [0.4, 0.5) is 0 Å². The zero-order valence-electron chi connectivity index (χ0n) is 15.9. The molecule has 0 saturated heterocycles. The molecule has 2 atom stereocenters. The molecule has 2 aromatic rings. The van der Waals surface area contributed by atoms with Gasteiger partial charge in [0, 0.05) is 18.0 Å². The average Bonchev–Trinajstić information content (AvgIpc) is 3.28. The molecule has 1 aliphatic heterocycles. The maximum atomic E-state index is 10.8. The Bertz CT molecular complexity index is 816. The van der Waals surface area contributed by atoms with Gasteiger partial charge in [-0.25, -0.2) is 0 Å². The van der Waals surface area contributed by atoms with Gasteiger partial charge in [0.2, 0.25) is 0 Å². The van der Waals surface area contributed by atoms with Gasteiger partial charge in [0.05, 0.1) is 20.1 Å². The lowest BCUT2D eigenvalue weighted by Gasteiger charge is -2.12. The molecule has 4 rings (SSSR count). The van der Waals surface area contributed by atoms with Gasteiger partial charge in [-0.1, -0.05) is 18.2 Å². The van der Waals surface area contributed by atoms with Gasteiger partial charge in [0.1, 0.15) is 11.5 Å². The normalized spacial score (nSPS) is 17.8. The largest absolute Gasteiger partial charge is 0.497 e. The molecule has 0 radical (unpaired) electrons. The molecule has 5 heteroatoms. The van der Waals surface area contributed by atoms with Crippen molar-refractivity contribution in [2.24, 2.45) is 5.73 Å². The number of methoxy groups -OCH3 is 1. The molecular weight excluding hydrogens is 342 g/mol. The predicted molar refractivity (Wildman–Crippen MR) is 105 cm³/mol. The maximum absolute atomic E-state index is 10.8. The predicted octanol–water partition coefficient (Wildman–Crippen LogP) is 3.84. The third-order valence-electron chi connectivity index (χ3n) is 5.23. The van der Waals surface area contributed by atoms with Gasteiger partial charge in [-0.15, -0.1) is 0 Å². The molecule has 0 aromatic heterocycles. The molecule has 3 N–H and O–H groups in total. The third-order valence-corrected chi connectivity index (χ3v) is 5.23. The Hall–Kier alpha value is -2.53. The molecule has 0 unspecified atom stereocenters. The molecule has 0 amide bonds. The maximum Gasteiger partial charge on any atom is 0.303 e. The van der Waals surface area contributed by atoms with Crippen LogP contribution in [0.25, 0.3) is 0 Å². The van der Waals surface area contributed by atoms with Gasteiger partial charge in [0.25, 0.3) is 0 Å². The number of carbonyl (C=O) groups is 1. The van der Waals surface area contributed by atoms with E-state index in [1.54, 1.807) is 7.11 Å². The zero-order chi connectivity index (χ0) is 19.4. The SMILES string of the molecule is COc1cccc([C@H](C)N)c1.O=C(O)C[C@H]1CCc2ccc3c(c21)CCO3. The number of fused-ring (bicyclic) bond motifs is 3. The van der Waals surface area contributed by atoms with Crippen molar-refractivity contribution in [1.29, 1.82) is 0 Å². The molecule has 2 aliphatic rings. The lowest BCUT2D eigenvalue weighted by atomic mass is 9.92. The van der Waals surface area contributed by atoms with Crippen LogP contribution < -0.4 is 15.2 Å². The molecule has 2 aromatic carbocycles. The second-order valence-electron chi connectivity index (χ2n) is 7.11. The van der Waals surface area contributed by atoms with Gasteiger partial charge in [-0.2, -0.15) is 0 Å². The van der Waals surface area contributed by atoms with E-state index in [2.05, 4.69) is 6.07 Å². The van der Waals surface area contributed by atoms with Crippen LogP contribution in [0.3, 0.4) is 0 Å². The molecule has 5 nitrogen and oxygen atoms in total. The van der Waals surface area contributed by atoms with E-state index >= 15 is 0 Å². The fourth-order valence-electron chi connectivity index (χ4n) is 3.89. The molecule has 27 heavy (non-hydrogen) atoms. The quantitative estimate of drug-likeness (QED) is 0.856. The van der Waals surface area contributed by atoms with E-state index in [1.807, 2.05) is 37.3 Å². The van der Waals surface area contributed by atoms with Crippen molar-refractivity contribution in [1.82, 2.24) is 0 Å². The van der Waals surface area contributed by atoms with Gasteiger partial charge in [0.15, 0.2) is 0 Å². The Morgan fingerprint density at radius 3 is 2.85 bits per heavy atom. The Morgan fingerprint density at radius 1 is 1.33 bits per heavy atom. The van der Waals surface area contributed by atoms with Crippen molar-refractivity contribution < 1.29 is 19.4 Å². The molecule has 0 bridgehead atoms. The lowest BCUT2D eigenvalue weighted by Crippen LogP contribution is -2.05. The van der Waals surface area contributed by atoms with Crippen molar-refractivity contribution in [2.75, 3.05) is 13.7 Å². The number of nitrogens with two attached hydrogens (primary N) is 1. The number of aryl methyl sites for hydroxylation is 1. The summed E-state index contributed by atoms with van der Waals surface area (Å²) in [6, 6.07) is 12.0. The van der Waals surface area contributed by atoms with Crippen LogP contribution in [0.2, 0.25) is 0 Å². The molecule has 0 spiro atoms. The highest BCUT2D eigenvalue weighted by Crippen LogP contribution is 2.43. The van der Waals surface area contributed by atoms with Gasteiger partial charge in [-0.05, 0) is 60.6 Å². The summed E-state index contributed by atoms with van der Waals surface area (Å²) < 4.78 is 10.6. The van der Waals surface area contributed by atoms with Crippen LogP contribution in [-0.2, 0) is 17.6 Å². The smallest absolute Gasteiger partial charge is 0.303 e. The summed E-state index contributed by atoms with van der Waals surface area (Å²) in [6.07, 6.45) is 3.18. The number of hydrogen-bond acceptors (Lipinski definition) is 4. The topological polar surface area (TPSA) is 81.8 Å². The van der Waals surface area contributed by atoms with E-state index < -0.39 is 5.97 Å². The summed E-state index contributed by atoms with van der Waals surface area (Å²) in [7, 11) is 1.65. The summed E-state index contributed by atoms with van der Waals surface area (Å²) in [5.41, 5.74) is 10.7. The summed E-state index contributed by atoms with van der Waals surface area (Å²) >= 11 is 0. The highest BCUT2D eigenvalue weighted by molar-refractivity contribution is 5.69. The second-order valence-corrected chi connectivity index (χ2v) is 7.11. The van der Waals surface area contributed by atoms with Gasteiger partial charge in [-0.3, -0.25) is 4.79 Å². The summed E-state index contributed by atoms with van der Waals surface area (Å²) in [6.45, 7) is 2.69. The summed E-state index contributed by atoms with van der Waals surface area (Å²) in [5, 5.41) is 8.92. The third kappa shape index (κ3) is 4.42. The Morgan fingerprint density at radius 2 is 2.15 bits per heavy atom. The number of carboxylic acid groups (broad SMARTS) is 1. The van der Waals surface area contributed by atoms with E-state index in [0.29, 0.717) is 0 Å². The standard InChI is InChI=1S/C13H14O3.C9H13NO/c14-12(15)7-9-2-1-8-3-4-11-10(13(8)9)5-6-16-11;1-7(10)8-4-3-5-9(6-8)11-2/h3-4,9H,1-2,5-7H2,(H,14,15);3-7H,10H2,1-2H3/t9-;7-/m10/s1. The molecule has 1 heterocycles. The van der Waals surface area contributed by atoms with E-state index in [9.17, 15) is 4.79 Å². The first-order chi connectivity index (χ1) is 13.0. The van der Waals surface area contributed by atoms with Crippen molar-refractivity contribution >= 4 is 5.97 Å². The van der Waals surface area contributed by atoms with Crippen LogP contribution in [0.5, 0.6) is 11.5 Å². The number of aliphatic carboxylic acids is 1. The first kappa shape index (κ1) is 19.2. The minimum absolute atomic E-state index is 0.0742. The summed E-state index contributed by atoms with van der Waals surface area (Å²) in [5.74, 6) is 1.33. The highest BCUT2D eigenvalue weighted by Gasteiger charge is 2.30. The monoisotopic (exact) mass is 369 g/mol. The minimum atomic E-state index is -0.700. The van der Waals surface area contributed by atoms with Crippen molar-refractivity contribution in [3.05, 3.63) is 58.7 Å². The minimum Gasteiger partial charge on any atom is -0.497 e. The fraction of sp³-hybridized carbons (Fsp3) is 0.409. The fourth-order valence-corrected chi connectivity index (χ4v) is 3.89. The van der Waals surface area contributed by atoms with Crippen LogP contribution in [-0.4, -0.2) is 24.8 Å². The molecule has 0 saturated carbocycles. The molecule has 0 fully saturated rings. The molecule has 144 valence electrons. The van der Waals surface area contributed by atoms with E-state index in [-0.39, 0.29) is 18.4 Å². The number of ether oxygens (including phenoxy) is 2. The second kappa shape index (κ2) is 8.44.